The van der Waals surface area contributed by atoms with Crippen LogP contribution in [0.25, 0.3) is 17.4 Å². The van der Waals surface area contributed by atoms with Gasteiger partial charge in [0.1, 0.15) is 11.5 Å². The van der Waals surface area contributed by atoms with Gasteiger partial charge in [-0.25, -0.2) is 4.90 Å². The Bertz CT molecular complexity index is 1070. The van der Waals surface area contributed by atoms with Crippen LogP contribution in [0.15, 0.2) is 70.0 Å². The van der Waals surface area contributed by atoms with Crippen LogP contribution >= 0.6 is 35.0 Å². The second-order valence-corrected chi connectivity index (χ2v) is 7.57. The van der Waals surface area contributed by atoms with Crippen molar-refractivity contribution in [2.24, 2.45) is 0 Å². The molecule has 2 amide bonds. The number of nitrogens with zero attached hydrogens (tertiary/aromatic N) is 1. The molecule has 1 aromatic heterocycles. The fourth-order valence-corrected chi connectivity index (χ4v) is 3.77. The monoisotopic (exact) mass is 415 g/mol. The summed E-state index contributed by atoms with van der Waals surface area (Å²) in [5.74, 6) is 0.722. The Morgan fingerprint density at radius 1 is 0.926 bits per heavy atom. The van der Waals surface area contributed by atoms with Crippen LogP contribution in [0.2, 0.25) is 10.0 Å². The van der Waals surface area contributed by atoms with Crippen molar-refractivity contribution in [1.29, 1.82) is 0 Å². The van der Waals surface area contributed by atoms with Gasteiger partial charge in [-0.3, -0.25) is 9.59 Å². The first-order valence-corrected chi connectivity index (χ1v) is 9.48. The number of hydrogen-bond donors (Lipinski definition) is 0. The van der Waals surface area contributed by atoms with Gasteiger partial charge in [0.05, 0.1) is 10.6 Å². The normalized spacial score (nSPS) is 15.8. The molecule has 0 spiro atoms. The van der Waals surface area contributed by atoms with Gasteiger partial charge in [-0.15, -0.1) is 0 Å². The van der Waals surface area contributed by atoms with Crippen LogP contribution in [0.4, 0.5) is 10.5 Å². The van der Waals surface area contributed by atoms with E-state index >= 15 is 0 Å². The predicted molar refractivity (Wildman–Crippen MR) is 109 cm³/mol. The summed E-state index contributed by atoms with van der Waals surface area (Å²) in [6.45, 7) is 0. The van der Waals surface area contributed by atoms with Crippen molar-refractivity contribution < 1.29 is 14.0 Å². The largest absolute Gasteiger partial charge is 0.457 e. The molecule has 0 bridgehead atoms. The molecule has 1 saturated heterocycles. The van der Waals surface area contributed by atoms with E-state index < -0.39 is 5.91 Å². The number of halogens is 2. The summed E-state index contributed by atoms with van der Waals surface area (Å²) in [6, 6.07) is 17.4. The van der Waals surface area contributed by atoms with Crippen LogP contribution in [0, 0.1) is 0 Å². The molecule has 134 valence electrons. The minimum Gasteiger partial charge on any atom is -0.457 e. The lowest BCUT2D eigenvalue weighted by Gasteiger charge is -2.12. The van der Waals surface area contributed by atoms with Gasteiger partial charge in [0, 0.05) is 21.7 Å². The van der Waals surface area contributed by atoms with E-state index in [1.807, 2.05) is 12.1 Å². The van der Waals surface area contributed by atoms with E-state index in [1.165, 1.54) is 0 Å². The molecule has 0 aliphatic carbocycles. The number of amides is 2. The van der Waals surface area contributed by atoms with Gasteiger partial charge < -0.3 is 4.42 Å². The molecular formula is C20H11Cl2NO3S. The zero-order valence-electron chi connectivity index (χ0n) is 13.7. The molecule has 3 aromatic rings. The van der Waals surface area contributed by atoms with Crippen LogP contribution in [0.1, 0.15) is 5.76 Å². The Morgan fingerprint density at radius 3 is 2.44 bits per heavy atom. The Kier molecular flexibility index (Phi) is 4.83. The van der Waals surface area contributed by atoms with Crippen LogP contribution in [-0.2, 0) is 4.79 Å². The third-order valence-electron chi connectivity index (χ3n) is 3.89. The molecule has 1 aliphatic heterocycles. The summed E-state index contributed by atoms with van der Waals surface area (Å²) in [4.78, 5) is 26.4. The predicted octanol–water partition coefficient (Wildman–Crippen LogP) is 6.49. The summed E-state index contributed by atoms with van der Waals surface area (Å²) < 4.78 is 5.78. The third-order valence-corrected chi connectivity index (χ3v) is 5.25. The zero-order chi connectivity index (χ0) is 19.0. The standard InChI is InChI=1S/C20H11Cl2NO3S/c21-13-6-4-12(5-7-13)17-9-8-16(26-17)11-18-19(24)23(20(25)27-18)15-3-1-2-14(22)10-15/h1-11H/b18-11+. The molecule has 1 fully saturated rings. The summed E-state index contributed by atoms with van der Waals surface area (Å²) in [5.41, 5.74) is 1.31. The molecule has 1 aliphatic rings. The fraction of sp³-hybridized carbons (Fsp3) is 0. The Labute approximate surface area is 169 Å². The molecule has 0 N–H and O–H groups in total. The van der Waals surface area contributed by atoms with Crippen molar-refractivity contribution in [3.05, 3.63) is 81.4 Å². The fourth-order valence-electron chi connectivity index (χ4n) is 2.63. The maximum absolute atomic E-state index is 12.7. The molecule has 7 heteroatoms. The van der Waals surface area contributed by atoms with Crippen LogP contribution < -0.4 is 4.90 Å². The van der Waals surface area contributed by atoms with Crippen molar-refractivity contribution >= 4 is 57.9 Å². The first kappa shape index (κ1) is 17.9. The summed E-state index contributed by atoms with van der Waals surface area (Å²) in [7, 11) is 0. The highest BCUT2D eigenvalue weighted by molar-refractivity contribution is 8.19. The summed E-state index contributed by atoms with van der Waals surface area (Å²) in [6.07, 6.45) is 1.56. The second-order valence-electron chi connectivity index (χ2n) is 5.71. The van der Waals surface area contributed by atoms with Crippen molar-refractivity contribution in [1.82, 2.24) is 0 Å². The van der Waals surface area contributed by atoms with Crippen molar-refractivity contribution in [3.8, 4) is 11.3 Å². The van der Waals surface area contributed by atoms with E-state index in [0.717, 1.165) is 22.2 Å². The molecule has 0 saturated carbocycles. The Hall–Kier alpha value is -2.47. The van der Waals surface area contributed by atoms with Crippen LogP contribution in [0.3, 0.4) is 0 Å². The van der Waals surface area contributed by atoms with Crippen LogP contribution in [-0.4, -0.2) is 11.1 Å². The lowest BCUT2D eigenvalue weighted by molar-refractivity contribution is -0.113. The smallest absolute Gasteiger partial charge is 0.298 e. The quantitative estimate of drug-likeness (QED) is 0.458. The van der Waals surface area contributed by atoms with E-state index in [0.29, 0.717) is 27.3 Å². The number of hydrogen-bond acceptors (Lipinski definition) is 4. The molecule has 0 atom stereocenters. The number of rotatable bonds is 3. The number of carbonyl (C=O) groups is 2. The van der Waals surface area contributed by atoms with Crippen LogP contribution in [0.5, 0.6) is 0 Å². The molecule has 27 heavy (non-hydrogen) atoms. The van der Waals surface area contributed by atoms with Gasteiger partial charge in [-0.2, -0.15) is 0 Å². The minimum absolute atomic E-state index is 0.289. The number of furan rings is 1. The lowest BCUT2D eigenvalue weighted by Crippen LogP contribution is -2.27. The van der Waals surface area contributed by atoms with Gasteiger partial charge >= 0.3 is 0 Å². The van der Waals surface area contributed by atoms with E-state index in [2.05, 4.69) is 0 Å². The highest BCUT2D eigenvalue weighted by Crippen LogP contribution is 2.37. The molecule has 0 unspecified atom stereocenters. The Morgan fingerprint density at radius 2 is 1.70 bits per heavy atom. The molecular weight excluding hydrogens is 405 g/mol. The van der Waals surface area contributed by atoms with Gasteiger partial charge in [-0.05, 0) is 66.4 Å². The van der Waals surface area contributed by atoms with Crippen molar-refractivity contribution in [3.63, 3.8) is 0 Å². The minimum atomic E-state index is -0.406. The highest BCUT2D eigenvalue weighted by atomic mass is 35.5. The number of thioether (sulfide) groups is 1. The van der Waals surface area contributed by atoms with E-state index in [-0.39, 0.29) is 10.1 Å². The maximum atomic E-state index is 12.7. The molecule has 2 heterocycles. The average Bonchev–Trinajstić information content (AvgIpc) is 3.21. The van der Waals surface area contributed by atoms with Gasteiger partial charge in [0.15, 0.2) is 0 Å². The van der Waals surface area contributed by atoms with Crippen molar-refractivity contribution in [2.75, 3.05) is 4.90 Å². The molecule has 0 radical (unpaired) electrons. The number of benzene rings is 2. The third kappa shape index (κ3) is 3.67. The Balaban J connectivity index is 1.61. The van der Waals surface area contributed by atoms with E-state index in [1.54, 1.807) is 54.6 Å². The molecule has 4 rings (SSSR count). The van der Waals surface area contributed by atoms with Crippen molar-refractivity contribution in [2.45, 2.75) is 0 Å². The number of anilines is 1. The maximum Gasteiger partial charge on any atom is 0.298 e. The van der Waals surface area contributed by atoms with Gasteiger partial charge in [0.25, 0.3) is 11.1 Å². The first-order chi connectivity index (χ1) is 13.0. The summed E-state index contributed by atoms with van der Waals surface area (Å²) >= 11 is 12.7. The van der Waals surface area contributed by atoms with E-state index in [9.17, 15) is 9.59 Å². The summed E-state index contributed by atoms with van der Waals surface area (Å²) in [5, 5.41) is 0.715. The number of imide groups is 1. The van der Waals surface area contributed by atoms with E-state index in [4.69, 9.17) is 27.6 Å². The zero-order valence-corrected chi connectivity index (χ0v) is 16.0. The highest BCUT2D eigenvalue weighted by Gasteiger charge is 2.36. The lowest BCUT2D eigenvalue weighted by atomic mass is 10.2. The second kappa shape index (κ2) is 7.27. The number of carbonyl (C=O) groups excluding carboxylic acids is 2. The molecule has 2 aromatic carbocycles. The molecule has 4 nitrogen and oxygen atoms in total. The van der Waals surface area contributed by atoms with Gasteiger partial charge in [-0.1, -0.05) is 29.3 Å². The average molecular weight is 416 g/mol. The first-order valence-electron chi connectivity index (χ1n) is 7.90. The van der Waals surface area contributed by atoms with Gasteiger partial charge in [0.2, 0.25) is 0 Å². The SMILES string of the molecule is O=C1S/C(=C/c2ccc(-c3ccc(Cl)cc3)o2)C(=O)N1c1cccc(Cl)c1. The topological polar surface area (TPSA) is 50.5 Å².